The fourth-order valence-corrected chi connectivity index (χ4v) is 6.73. The van der Waals surface area contributed by atoms with Crippen LogP contribution in [0.4, 0.5) is 0 Å². The third-order valence-electron chi connectivity index (χ3n) is 14.8. The van der Waals surface area contributed by atoms with Crippen LogP contribution in [0.1, 0.15) is 399 Å². The Morgan fingerprint density at radius 1 is 0.408 bits per heavy atom. The van der Waals surface area contributed by atoms with E-state index < -0.39 is 0 Å². The molecule has 16 N–H and O–H groups in total. The number of aliphatic hydroxyl groups excluding tert-OH is 1. The Hall–Kier alpha value is -9.00. The number of H-pyrrole nitrogens is 5. The van der Waals surface area contributed by atoms with Gasteiger partial charge in [0.25, 0.3) is 0 Å². The van der Waals surface area contributed by atoms with E-state index >= 15 is 0 Å². The standard InChI is InChI=1S/2C9H16N2.2C8H16O.2C7H16N2.2C7H15NO.C6H10N2.3C4H8N4.2C4H9NO/c2*1-6(2)8-5-10-9(11-8)7(3)4;2*1-6(2)5-8(9)7(3)4;2*1-5(2)7(8)9-6(3)4;2*1-5(2)7(9)8-6(3)4;1-5(2)6-3-4-7-8-6;3*1-3(2)4-5-7-8-6-4;2*1-3(2)4(5)6/h2*5-7H,1-4H3,(H,10,11);6-7H,5H2,1-4H3;5-7,9H,1-4H3;2*5-6H,1-4H3,(H2,8,9);2*5-6H,1-4H3,(H,8,9);4-5H,3H2,1-2H3;3*3H,1-2H3,(H,5,6,7,8);2*3H,1-2H3,(H2,5,6)/b;;;8-5-;;;;;;;;;;. The highest BCUT2D eigenvalue weighted by atomic mass is 16.3. The number of amidine groups is 2. The van der Waals surface area contributed by atoms with Crippen molar-refractivity contribution in [3.8, 4) is 0 Å². The molecular formula is C88H178N26O6. The monoisotopic (exact) mass is 1700 g/mol. The predicted octanol–water partition coefficient (Wildman–Crippen LogP) is 18.2. The van der Waals surface area contributed by atoms with E-state index in [1.165, 1.54) is 17.1 Å². The number of primary amides is 2. The maximum Gasteiger partial charge on any atom is 0.222 e. The summed E-state index contributed by atoms with van der Waals surface area (Å²) in [6.45, 7) is 88.4. The number of allylic oxidation sites excluding steroid dienone is 2. The summed E-state index contributed by atoms with van der Waals surface area (Å²) in [6, 6.07) is 1.18. The zero-order valence-corrected chi connectivity index (χ0v) is 83.4. The molecule has 0 bridgehead atoms. The molecule has 32 heteroatoms. The number of aliphatic hydroxyl groups is 1. The molecule has 0 spiro atoms. The lowest BCUT2D eigenvalue weighted by Crippen LogP contribution is -2.33. The molecule has 120 heavy (non-hydrogen) atoms. The minimum Gasteiger partial charge on any atom is -0.512 e. The fourth-order valence-electron chi connectivity index (χ4n) is 6.73. The van der Waals surface area contributed by atoms with Crippen molar-refractivity contribution in [1.29, 1.82) is 0 Å². The van der Waals surface area contributed by atoms with E-state index in [0.717, 1.165) is 53.6 Å². The fraction of sp³-hybridized carbons (Fsp3) is 0.773. The normalized spacial score (nSPS) is 11.7. The maximum absolute atomic E-state index is 11.0. The molecule has 0 unspecified atom stereocenters. The second-order valence-electron chi connectivity index (χ2n) is 35.7. The maximum atomic E-state index is 11.0. The number of Topliss-reactive ketones (excluding diaryl/α,β-unsaturated/α-hetero) is 1. The van der Waals surface area contributed by atoms with Gasteiger partial charge in [0, 0.05) is 150 Å². The molecule has 0 atom stereocenters. The van der Waals surface area contributed by atoms with Gasteiger partial charge in [-0.2, -0.15) is 25.8 Å². The number of ketones is 1. The summed E-state index contributed by atoms with van der Waals surface area (Å²) < 4.78 is 0. The van der Waals surface area contributed by atoms with Crippen molar-refractivity contribution in [2.45, 2.75) is 383 Å². The molecule has 1 aliphatic heterocycles. The van der Waals surface area contributed by atoms with Crippen LogP contribution in [0.2, 0.25) is 0 Å². The summed E-state index contributed by atoms with van der Waals surface area (Å²) >= 11 is 0. The molecule has 32 nitrogen and oxygen atoms in total. The first-order valence-electron chi connectivity index (χ1n) is 43.1. The van der Waals surface area contributed by atoms with Crippen LogP contribution in [0.25, 0.3) is 0 Å². The number of nitrogens with one attached hydrogen (secondary N) is 7. The van der Waals surface area contributed by atoms with E-state index in [1.54, 1.807) is 27.7 Å². The number of carbonyl (C=O) groups is 5. The summed E-state index contributed by atoms with van der Waals surface area (Å²) in [5, 5.41) is 62.4. The number of tetrazole rings is 3. The molecule has 696 valence electrons. The third kappa shape index (κ3) is 81.4. The molecule has 0 aromatic carbocycles. The van der Waals surface area contributed by atoms with Crippen LogP contribution < -0.4 is 33.6 Å². The topological polar surface area (TPSA) is 504 Å². The highest BCUT2D eigenvalue weighted by Gasteiger charge is 2.13. The van der Waals surface area contributed by atoms with Crippen molar-refractivity contribution in [2.24, 2.45) is 108 Å². The zero-order chi connectivity index (χ0) is 95.7. The van der Waals surface area contributed by atoms with Crippen molar-refractivity contribution in [2.75, 3.05) is 0 Å². The molecule has 0 aliphatic carbocycles. The van der Waals surface area contributed by atoms with Crippen LogP contribution in [-0.2, 0) is 24.0 Å². The lowest BCUT2D eigenvalue weighted by atomic mass is 9.99. The average Bonchev–Trinajstić information content (AvgIpc) is 1.75. The van der Waals surface area contributed by atoms with E-state index in [2.05, 4.69) is 210 Å². The molecule has 5 aromatic heterocycles. The SMILES string of the molecule is CC(C)/C=C(\O)C(C)C.CC(C)C(N)=O.CC(C)C(N)=O.CC(C)C1=NN=CC1.CC(C)CC(=O)C(C)C.CC(C)N=C(N)C(C)C.CC(C)N=C(N)C(C)C.CC(C)NC(=O)C(C)C.CC(C)NC(=O)C(C)C.CC(C)c1cnc(C(C)C)[nH]1.CC(C)c1cnc(C(C)C)[nH]1.CC(C)c1nn[nH]n1.CC(C)c1nn[nH]n1.CC(C)c1nn[nH]n1. The Morgan fingerprint density at radius 3 is 0.800 bits per heavy atom. The highest BCUT2D eigenvalue weighted by Crippen LogP contribution is 2.17. The molecule has 1 aliphatic rings. The highest BCUT2D eigenvalue weighted by molar-refractivity contribution is 5.99. The first kappa shape index (κ1) is 127. The third-order valence-corrected chi connectivity index (χ3v) is 14.8. The number of hydrogen-bond donors (Lipinski definition) is 12. The number of amides is 4. The Morgan fingerprint density at radius 2 is 0.708 bits per heavy atom. The van der Waals surface area contributed by atoms with Gasteiger partial charge in [0.2, 0.25) is 23.6 Å². The van der Waals surface area contributed by atoms with Crippen LogP contribution in [0.15, 0.2) is 44.4 Å². The van der Waals surface area contributed by atoms with Gasteiger partial charge < -0.3 is 48.6 Å². The number of nitrogens with zero attached hydrogens (tertiary/aromatic N) is 15. The molecule has 0 saturated heterocycles. The number of imidazole rings is 2. The number of carbonyl (C=O) groups excluding carboxylic acids is 5. The second kappa shape index (κ2) is 73.9. The summed E-state index contributed by atoms with van der Waals surface area (Å²) in [5.74, 6) is 12.8. The van der Waals surface area contributed by atoms with Gasteiger partial charge in [-0.3, -0.25) is 34.0 Å². The first-order chi connectivity index (χ1) is 54.9. The van der Waals surface area contributed by atoms with Gasteiger partial charge in [0.1, 0.15) is 17.4 Å². The largest absolute Gasteiger partial charge is 0.512 e. The Kier molecular flexibility index (Phi) is 77.9. The summed E-state index contributed by atoms with van der Waals surface area (Å²) in [5.41, 5.74) is 24.4. The predicted molar refractivity (Wildman–Crippen MR) is 501 cm³/mol. The summed E-state index contributed by atoms with van der Waals surface area (Å²) in [4.78, 5) is 76.0. The summed E-state index contributed by atoms with van der Waals surface area (Å²) in [6.07, 6.45) is 9.27. The molecular weight excluding hydrogens is 1520 g/mol. The van der Waals surface area contributed by atoms with Gasteiger partial charge in [-0.05, 0) is 91.1 Å². The summed E-state index contributed by atoms with van der Waals surface area (Å²) in [7, 11) is 0. The minimum absolute atomic E-state index is 0.00926. The minimum atomic E-state index is -0.241. The van der Waals surface area contributed by atoms with E-state index in [9.17, 15) is 24.0 Å². The smallest absolute Gasteiger partial charge is 0.222 e. The van der Waals surface area contributed by atoms with Crippen LogP contribution >= 0.6 is 0 Å². The van der Waals surface area contributed by atoms with Crippen molar-refractivity contribution in [1.82, 2.24) is 92.4 Å². The van der Waals surface area contributed by atoms with E-state index in [0.29, 0.717) is 94.6 Å². The number of rotatable bonds is 23. The number of aliphatic imine (C=N–C) groups is 2. The molecule has 4 amide bonds. The molecule has 0 fully saturated rings. The van der Waals surface area contributed by atoms with Crippen molar-refractivity contribution in [3.63, 3.8) is 0 Å². The van der Waals surface area contributed by atoms with Gasteiger partial charge in [0.05, 0.1) is 17.4 Å². The van der Waals surface area contributed by atoms with Crippen LogP contribution in [0.3, 0.4) is 0 Å². The molecule has 0 saturated carbocycles. The number of aromatic nitrogens is 16. The quantitative estimate of drug-likeness (QED) is 0.0164. The zero-order valence-electron chi connectivity index (χ0n) is 83.4. The average molecular weight is 1700 g/mol. The Labute approximate surface area is 727 Å². The van der Waals surface area contributed by atoms with Crippen molar-refractivity contribution >= 4 is 53.0 Å². The van der Waals surface area contributed by atoms with Gasteiger partial charge in [-0.25, -0.2) is 9.97 Å². The Balaban J connectivity index is -0.000000188. The number of nitrogens with two attached hydrogens (primary N) is 4. The Bertz CT molecular complexity index is 3080. The number of hydrogen-bond acceptors (Lipinski definition) is 21. The lowest BCUT2D eigenvalue weighted by Gasteiger charge is -2.09. The number of aromatic amines is 5. The lowest BCUT2D eigenvalue weighted by molar-refractivity contribution is -0.125. The van der Waals surface area contributed by atoms with Gasteiger partial charge in [-0.1, -0.05) is 265 Å². The molecule has 6 heterocycles. The van der Waals surface area contributed by atoms with Gasteiger partial charge >= 0.3 is 0 Å². The van der Waals surface area contributed by atoms with Crippen LogP contribution in [0, 0.1) is 65.1 Å². The molecule has 0 radical (unpaired) electrons. The van der Waals surface area contributed by atoms with Crippen LogP contribution in [-0.4, -0.2) is 164 Å². The van der Waals surface area contributed by atoms with Crippen molar-refractivity contribution < 1.29 is 29.1 Å². The molecule has 5 aromatic rings. The first-order valence-corrected chi connectivity index (χ1v) is 43.1. The van der Waals surface area contributed by atoms with E-state index in [1.807, 2.05) is 205 Å². The van der Waals surface area contributed by atoms with E-state index in [4.69, 9.17) is 28.0 Å². The molecule has 6 rings (SSSR count). The van der Waals surface area contributed by atoms with Crippen LogP contribution in [0.5, 0.6) is 0 Å². The van der Waals surface area contributed by atoms with Crippen molar-refractivity contribution in [3.05, 3.63) is 64.7 Å². The van der Waals surface area contributed by atoms with E-state index in [-0.39, 0.29) is 71.2 Å². The van der Waals surface area contributed by atoms with Gasteiger partial charge in [0.15, 0.2) is 17.5 Å². The van der Waals surface area contributed by atoms with Gasteiger partial charge in [-0.15, -0.1) is 30.6 Å². The second-order valence-corrected chi connectivity index (χ2v) is 35.7.